The third-order valence-electron chi connectivity index (χ3n) is 4.85. The molecule has 2 aromatic carbocycles. The van der Waals surface area contributed by atoms with Crippen LogP contribution in [0.4, 0.5) is 0 Å². The van der Waals surface area contributed by atoms with Crippen molar-refractivity contribution >= 4 is 23.4 Å². The molecular weight excluding hydrogens is 428 g/mol. The van der Waals surface area contributed by atoms with Gasteiger partial charge in [0.05, 0.1) is 10.7 Å². The first-order chi connectivity index (χ1) is 15.2. The molecule has 32 heavy (non-hydrogen) atoms. The second-order valence-electron chi connectivity index (χ2n) is 7.94. The molecule has 3 rings (SSSR count). The van der Waals surface area contributed by atoms with E-state index in [1.807, 2.05) is 19.9 Å². The van der Waals surface area contributed by atoms with Crippen molar-refractivity contribution < 1.29 is 9.59 Å². The number of hydrogen-bond acceptors (Lipinski definition) is 4. The molecule has 0 aliphatic carbocycles. The van der Waals surface area contributed by atoms with E-state index in [1.165, 1.54) is 11.0 Å². The van der Waals surface area contributed by atoms with Crippen LogP contribution in [-0.4, -0.2) is 40.8 Å². The van der Waals surface area contributed by atoms with E-state index in [0.29, 0.717) is 39.8 Å². The van der Waals surface area contributed by atoms with E-state index in [-0.39, 0.29) is 23.3 Å². The van der Waals surface area contributed by atoms with Gasteiger partial charge >= 0.3 is 0 Å². The third kappa shape index (κ3) is 5.42. The molecule has 2 N–H and O–H groups in total. The highest BCUT2D eigenvalue weighted by Crippen LogP contribution is 2.27. The van der Waals surface area contributed by atoms with Crippen molar-refractivity contribution in [1.29, 1.82) is 0 Å². The Hall–Kier alpha value is -3.45. The average molecular weight is 453 g/mol. The molecule has 0 atom stereocenters. The van der Waals surface area contributed by atoms with Crippen LogP contribution in [0.1, 0.15) is 29.8 Å². The summed E-state index contributed by atoms with van der Waals surface area (Å²) in [6.45, 7) is 3.99. The molecule has 0 spiro atoms. The zero-order valence-corrected chi connectivity index (χ0v) is 19.2. The molecule has 0 aliphatic rings. The first-order valence-electron chi connectivity index (χ1n) is 10.2. The van der Waals surface area contributed by atoms with E-state index in [9.17, 15) is 14.4 Å². The summed E-state index contributed by atoms with van der Waals surface area (Å²) in [5.41, 5.74) is 2.77. The first kappa shape index (κ1) is 23.2. The number of amides is 2. The quantitative estimate of drug-likeness (QED) is 0.595. The number of carbonyl (C=O) groups excluding carboxylic acids is 2. The van der Waals surface area contributed by atoms with E-state index >= 15 is 0 Å². The average Bonchev–Trinajstić information content (AvgIpc) is 2.77. The summed E-state index contributed by atoms with van der Waals surface area (Å²) in [6, 6.07) is 13.6. The molecule has 166 valence electrons. The van der Waals surface area contributed by atoms with Crippen molar-refractivity contribution in [1.82, 2.24) is 20.2 Å². The summed E-state index contributed by atoms with van der Waals surface area (Å²) in [5, 5.41) is 3.29. The molecule has 1 heterocycles. The van der Waals surface area contributed by atoms with Crippen molar-refractivity contribution in [3.05, 3.63) is 75.0 Å². The number of nitrogens with one attached hydrogen (secondary N) is 2. The zero-order valence-electron chi connectivity index (χ0n) is 18.4. The minimum atomic E-state index is -0.326. The van der Waals surface area contributed by atoms with Crippen LogP contribution in [0, 0.1) is 5.92 Å². The van der Waals surface area contributed by atoms with Crippen LogP contribution < -0.4 is 10.9 Å². The van der Waals surface area contributed by atoms with E-state index < -0.39 is 0 Å². The van der Waals surface area contributed by atoms with Crippen LogP contribution in [0.25, 0.3) is 22.6 Å². The fourth-order valence-corrected chi connectivity index (χ4v) is 3.24. The molecule has 0 saturated carbocycles. The fourth-order valence-electron chi connectivity index (χ4n) is 3.03. The standard InChI is InChI=1S/C24H25ClN4O3/c1-14(2)23(31)26-13-15-5-10-19(25)18(11-15)22-27-20(12-21(30)28-22)16-6-8-17(9-7-16)24(32)29(3)4/h5-12,14H,13H2,1-4H3,(H,26,31)(H,27,28,30). The number of rotatable bonds is 6. The molecule has 3 aromatic rings. The van der Waals surface area contributed by atoms with Gasteiger partial charge in [-0.2, -0.15) is 0 Å². The third-order valence-corrected chi connectivity index (χ3v) is 5.18. The maximum atomic E-state index is 12.4. The van der Waals surface area contributed by atoms with Gasteiger partial charge in [0.2, 0.25) is 5.91 Å². The van der Waals surface area contributed by atoms with Gasteiger partial charge in [-0.3, -0.25) is 14.4 Å². The maximum absolute atomic E-state index is 12.4. The summed E-state index contributed by atoms with van der Waals surface area (Å²) in [5.74, 6) is 0.0503. The molecular formula is C24H25ClN4O3. The number of hydrogen-bond donors (Lipinski definition) is 2. The SMILES string of the molecule is CC(C)C(=O)NCc1ccc(Cl)c(-c2nc(-c3ccc(C(=O)N(C)C)cc3)cc(=O)[nH]2)c1. The Labute approximate surface area is 191 Å². The Morgan fingerprint density at radius 1 is 1.09 bits per heavy atom. The number of H-pyrrole nitrogens is 1. The molecule has 0 radical (unpaired) electrons. The smallest absolute Gasteiger partial charge is 0.253 e. The van der Waals surface area contributed by atoms with E-state index in [0.717, 1.165) is 5.56 Å². The van der Waals surface area contributed by atoms with Gasteiger partial charge in [-0.05, 0) is 29.8 Å². The van der Waals surface area contributed by atoms with Crippen molar-refractivity contribution in [2.45, 2.75) is 20.4 Å². The van der Waals surface area contributed by atoms with Crippen LogP contribution in [0.3, 0.4) is 0 Å². The fraction of sp³-hybridized carbons (Fsp3) is 0.250. The Bertz CT molecular complexity index is 1200. The Balaban J connectivity index is 1.93. The van der Waals surface area contributed by atoms with Crippen LogP contribution in [0.15, 0.2) is 53.3 Å². The Morgan fingerprint density at radius 3 is 2.41 bits per heavy atom. The second-order valence-corrected chi connectivity index (χ2v) is 8.35. The summed E-state index contributed by atoms with van der Waals surface area (Å²) in [7, 11) is 3.37. The maximum Gasteiger partial charge on any atom is 0.253 e. The summed E-state index contributed by atoms with van der Waals surface area (Å²) in [6.07, 6.45) is 0. The lowest BCUT2D eigenvalue weighted by atomic mass is 10.1. The topological polar surface area (TPSA) is 95.2 Å². The van der Waals surface area contributed by atoms with Crippen LogP contribution in [0.2, 0.25) is 5.02 Å². The summed E-state index contributed by atoms with van der Waals surface area (Å²) >= 11 is 6.39. The van der Waals surface area contributed by atoms with Gasteiger partial charge in [0.15, 0.2) is 0 Å². The van der Waals surface area contributed by atoms with Crippen LogP contribution >= 0.6 is 11.6 Å². The van der Waals surface area contributed by atoms with Gasteiger partial charge in [0.1, 0.15) is 5.82 Å². The van der Waals surface area contributed by atoms with Crippen molar-refractivity contribution in [2.75, 3.05) is 14.1 Å². The van der Waals surface area contributed by atoms with E-state index in [2.05, 4.69) is 15.3 Å². The normalized spacial score (nSPS) is 10.8. The van der Waals surface area contributed by atoms with Crippen LogP contribution in [0.5, 0.6) is 0 Å². The predicted octanol–water partition coefficient (Wildman–Crippen LogP) is 3.73. The van der Waals surface area contributed by atoms with Crippen molar-refractivity contribution in [2.24, 2.45) is 5.92 Å². The van der Waals surface area contributed by atoms with Gasteiger partial charge in [0.25, 0.3) is 11.5 Å². The predicted molar refractivity (Wildman–Crippen MR) is 125 cm³/mol. The summed E-state index contributed by atoms with van der Waals surface area (Å²) < 4.78 is 0. The van der Waals surface area contributed by atoms with Gasteiger partial charge in [0, 0.05) is 49.3 Å². The molecule has 0 bridgehead atoms. The Morgan fingerprint density at radius 2 is 1.78 bits per heavy atom. The highest BCUT2D eigenvalue weighted by Gasteiger charge is 2.13. The lowest BCUT2D eigenvalue weighted by Crippen LogP contribution is -2.27. The number of benzene rings is 2. The molecule has 8 heteroatoms. The molecule has 0 unspecified atom stereocenters. The molecule has 0 aliphatic heterocycles. The van der Waals surface area contributed by atoms with Gasteiger partial charge in [-0.1, -0.05) is 43.6 Å². The summed E-state index contributed by atoms with van der Waals surface area (Å²) in [4.78, 5) is 45.1. The van der Waals surface area contributed by atoms with Crippen LogP contribution in [-0.2, 0) is 11.3 Å². The number of aromatic nitrogens is 2. The molecule has 0 saturated heterocycles. The number of nitrogens with zero attached hydrogens (tertiary/aromatic N) is 2. The lowest BCUT2D eigenvalue weighted by Gasteiger charge is -2.12. The molecule has 1 aromatic heterocycles. The van der Waals surface area contributed by atoms with E-state index in [1.54, 1.807) is 50.5 Å². The number of halogens is 1. The monoisotopic (exact) mass is 452 g/mol. The highest BCUT2D eigenvalue weighted by molar-refractivity contribution is 6.33. The number of aromatic amines is 1. The Kier molecular flexibility index (Phi) is 7.10. The molecule has 0 fully saturated rings. The van der Waals surface area contributed by atoms with Gasteiger partial charge < -0.3 is 15.2 Å². The zero-order chi connectivity index (χ0) is 23.4. The minimum absolute atomic E-state index is 0.0498. The van der Waals surface area contributed by atoms with Gasteiger partial charge in [-0.15, -0.1) is 0 Å². The van der Waals surface area contributed by atoms with Crippen molar-refractivity contribution in [3.8, 4) is 22.6 Å². The second kappa shape index (κ2) is 9.78. The highest BCUT2D eigenvalue weighted by atomic mass is 35.5. The first-order valence-corrected chi connectivity index (χ1v) is 10.5. The molecule has 2 amide bonds. The van der Waals surface area contributed by atoms with Crippen molar-refractivity contribution in [3.63, 3.8) is 0 Å². The van der Waals surface area contributed by atoms with E-state index in [4.69, 9.17) is 11.6 Å². The van der Waals surface area contributed by atoms with Gasteiger partial charge in [-0.25, -0.2) is 4.98 Å². The number of carbonyl (C=O) groups is 2. The largest absolute Gasteiger partial charge is 0.352 e. The minimum Gasteiger partial charge on any atom is -0.352 e. The molecule has 7 nitrogen and oxygen atoms in total. The lowest BCUT2D eigenvalue weighted by molar-refractivity contribution is -0.124.